The summed E-state index contributed by atoms with van der Waals surface area (Å²) in [6, 6.07) is 14.8. The zero-order valence-electron chi connectivity index (χ0n) is 15.6. The van der Waals surface area contributed by atoms with Crippen LogP contribution in [0.3, 0.4) is 0 Å². The molecular formula is C21H18N4O3S. The Morgan fingerprint density at radius 3 is 2.69 bits per heavy atom. The molecule has 2 aromatic heterocycles. The number of carbonyl (C=O) groups excluding carboxylic acids is 2. The lowest BCUT2D eigenvalue weighted by molar-refractivity contribution is -0.116. The molecule has 29 heavy (non-hydrogen) atoms. The third kappa shape index (κ3) is 3.88. The number of thiophene rings is 1. The van der Waals surface area contributed by atoms with Gasteiger partial charge in [-0.2, -0.15) is 0 Å². The van der Waals surface area contributed by atoms with Crippen molar-refractivity contribution < 1.29 is 9.59 Å². The first kappa shape index (κ1) is 18.8. The Bertz CT molecular complexity index is 1290. The molecule has 0 fully saturated rings. The normalized spacial score (nSPS) is 10.9. The molecule has 0 saturated heterocycles. The van der Waals surface area contributed by atoms with E-state index < -0.39 is 5.91 Å². The Kier molecular flexibility index (Phi) is 5.09. The molecule has 2 amide bonds. The van der Waals surface area contributed by atoms with E-state index in [1.165, 1.54) is 17.7 Å². The average Bonchev–Trinajstić information content (AvgIpc) is 3.18. The predicted octanol–water partition coefficient (Wildman–Crippen LogP) is 2.67. The first-order valence-electron chi connectivity index (χ1n) is 9.12. The van der Waals surface area contributed by atoms with Crippen LogP contribution in [-0.4, -0.2) is 28.0 Å². The summed E-state index contributed by atoms with van der Waals surface area (Å²) in [5.41, 5.74) is 2.57. The van der Waals surface area contributed by atoms with E-state index in [2.05, 4.69) is 15.7 Å². The van der Waals surface area contributed by atoms with Crippen LogP contribution in [0, 0.1) is 0 Å². The van der Waals surface area contributed by atoms with Crippen molar-refractivity contribution in [3.8, 4) is 0 Å². The molecule has 0 aliphatic carbocycles. The molecule has 0 bridgehead atoms. The lowest BCUT2D eigenvalue weighted by atomic mass is 10.1. The van der Waals surface area contributed by atoms with E-state index in [9.17, 15) is 14.4 Å². The molecule has 7 nitrogen and oxygen atoms in total. The van der Waals surface area contributed by atoms with E-state index in [1.807, 2.05) is 37.3 Å². The van der Waals surface area contributed by atoms with Crippen molar-refractivity contribution in [3.63, 3.8) is 0 Å². The number of nitrogens with one attached hydrogen (secondary N) is 2. The average molecular weight is 406 g/mol. The second-order valence-electron chi connectivity index (χ2n) is 6.48. The number of rotatable bonds is 5. The van der Waals surface area contributed by atoms with Crippen LogP contribution >= 0.6 is 11.3 Å². The SMILES string of the molecule is CCc1cc2c(=O)n(NC(=O)CNC(=O)c3ccc4ccccc4c3)cnc2s1. The standard InChI is InChI=1S/C21H18N4O3S/c1-2-16-10-17-20(29-16)23-12-25(21(17)28)24-18(26)11-22-19(27)15-8-7-13-5-3-4-6-14(13)9-15/h3-10,12H,2,11H2,1H3,(H,22,27)(H,24,26). The van der Waals surface area contributed by atoms with Gasteiger partial charge < -0.3 is 5.32 Å². The van der Waals surface area contributed by atoms with Gasteiger partial charge in [-0.3, -0.25) is 19.8 Å². The van der Waals surface area contributed by atoms with E-state index >= 15 is 0 Å². The van der Waals surface area contributed by atoms with Crippen LogP contribution in [0.4, 0.5) is 0 Å². The van der Waals surface area contributed by atoms with Gasteiger partial charge in [0.1, 0.15) is 11.2 Å². The molecule has 0 aliphatic rings. The summed E-state index contributed by atoms with van der Waals surface area (Å²) in [6.45, 7) is 1.74. The summed E-state index contributed by atoms with van der Waals surface area (Å²) in [7, 11) is 0. The minimum Gasteiger partial charge on any atom is -0.343 e. The van der Waals surface area contributed by atoms with Crippen molar-refractivity contribution in [2.75, 3.05) is 12.0 Å². The highest BCUT2D eigenvalue weighted by Gasteiger charge is 2.12. The molecule has 146 valence electrons. The number of nitrogens with zero attached hydrogens (tertiary/aromatic N) is 2. The van der Waals surface area contributed by atoms with Crippen LogP contribution in [0.5, 0.6) is 0 Å². The number of amides is 2. The second-order valence-corrected chi connectivity index (χ2v) is 7.60. The summed E-state index contributed by atoms with van der Waals surface area (Å²) < 4.78 is 1.04. The lowest BCUT2D eigenvalue weighted by Crippen LogP contribution is -2.39. The fourth-order valence-electron chi connectivity index (χ4n) is 2.99. The number of aryl methyl sites for hydroxylation is 1. The molecule has 0 radical (unpaired) electrons. The fourth-order valence-corrected chi connectivity index (χ4v) is 3.92. The van der Waals surface area contributed by atoms with Gasteiger partial charge in [-0.25, -0.2) is 9.66 Å². The Morgan fingerprint density at radius 1 is 1.10 bits per heavy atom. The quantitative estimate of drug-likeness (QED) is 0.533. The molecular weight excluding hydrogens is 388 g/mol. The van der Waals surface area contributed by atoms with Gasteiger partial charge in [-0.15, -0.1) is 11.3 Å². The Morgan fingerprint density at radius 2 is 1.90 bits per heavy atom. The van der Waals surface area contributed by atoms with Crippen LogP contribution in [0.2, 0.25) is 0 Å². The van der Waals surface area contributed by atoms with Crippen LogP contribution in [0.15, 0.2) is 59.7 Å². The van der Waals surface area contributed by atoms with Gasteiger partial charge in [-0.05, 0) is 35.4 Å². The third-order valence-corrected chi connectivity index (χ3v) is 5.71. The predicted molar refractivity (Wildman–Crippen MR) is 114 cm³/mol. The largest absolute Gasteiger partial charge is 0.343 e. The highest BCUT2D eigenvalue weighted by atomic mass is 32.1. The molecule has 0 saturated carbocycles. The molecule has 2 heterocycles. The van der Waals surface area contributed by atoms with Gasteiger partial charge in [0.25, 0.3) is 17.4 Å². The van der Waals surface area contributed by atoms with E-state index in [0.29, 0.717) is 15.8 Å². The maximum atomic E-state index is 12.5. The van der Waals surface area contributed by atoms with Crippen molar-refractivity contribution in [2.24, 2.45) is 0 Å². The van der Waals surface area contributed by atoms with Crippen LogP contribution < -0.4 is 16.3 Å². The number of carbonyl (C=O) groups is 2. The Hall–Kier alpha value is -3.52. The van der Waals surface area contributed by atoms with E-state index in [1.54, 1.807) is 18.2 Å². The monoisotopic (exact) mass is 406 g/mol. The van der Waals surface area contributed by atoms with Gasteiger partial charge in [0.05, 0.1) is 11.9 Å². The summed E-state index contributed by atoms with van der Waals surface area (Å²) in [6.07, 6.45) is 2.09. The summed E-state index contributed by atoms with van der Waals surface area (Å²) in [5.74, 6) is -0.884. The molecule has 0 spiro atoms. The van der Waals surface area contributed by atoms with Crippen molar-refractivity contribution >= 4 is 44.1 Å². The van der Waals surface area contributed by atoms with Crippen LogP contribution in [0.1, 0.15) is 22.2 Å². The van der Waals surface area contributed by atoms with Crippen molar-refractivity contribution in [3.05, 3.63) is 75.7 Å². The Balaban J connectivity index is 1.43. The van der Waals surface area contributed by atoms with Gasteiger partial charge in [0.2, 0.25) is 0 Å². The van der Waals surface area contributed by atoms with Crippen molar-refractivity contribution in [1.82, 2.24) is 15.0 Å². The van der Waals surface area contributed by atoms with Gasteiger partial charge >= 0.3 is 0 Å². The smallest absolute Gasteiger partial charge is 0.280 e. The molecule has 4 aromatic rings. The maximum Gasteiger partial charge on any atom is 0.280 e. The second kappa shape index (κ2) is 7.84. The van der Waals surface area contributed by atoms with Crippen molar-refractivity contribution in [2.45, 2.75) is 13.3 Å². The number of aromatic nitrogens is 2. The highest BCUT2D eigenvalue weighted by Crippen LogP contribution is 2.20. The minimum absolute atomic E-state index is 0.264. The molecule has 4 rings (SSSR count). The highest BCUT2D eigenvalue weighted by molar-refractivity contribution is 7.18. The van der Waals surface area contributed by atoms with Gasteiger partial charge in [0, 0.05) is 10.4 Å². The zero-order chi connectivity index (χ0) is 20.4. The van der Waals surface area contributed by atoms with Crippen LogP contribution in [-0.2, 0) is 11.2 Å². The van der Waals surface area contributed by atoms with E-state index in [4.69, 9.17) is 0 Å². The first-order valence-corrected chi connectivity index (χ1v) is 9.93. The third-order valence-electron chi connectivity index (χ3n) is 4.52. The van der Waals surface area contributed by atoms with Crippen LogP contribution in [0.25, 0.3) is 21.0 Å². The van der Waals surface area contributed by atoms with Gasteiger partial charge in [-0.1, -0.05) is 37.3 Å². The molecule has 0 atom stereocenters. The fraction of sp³-hybridized carbons (Fsp3) is 0.143. The van der Waals surface area contributed by atoms with E-state index in [-0.39, 0.29) is 18.0 Å². The number of hydrogen-bond donors (Lipinski definition) is 2. The number of benzene rings is 2. The van der Waals surface area contributed by atoms with Gasteiger partial charge in [0.15, 0.2) is 0 Å². The molecule has 0 aliphatic heterocycles. The maximum absolute atomic E-state index is 12.5. The summed E-state index contributed by atoms with van der Waals surface area (Å²) >= 11 is 1.46. The summed E-state index contributed by atoms with van der Waals surface area (Å²) in [4.78, 5) is 43.0. The molecule has 2 aromatic carbocycles. The molecule has 0 unspecified atom stereocenters. The lowest BCUT2D eigenvalue weighted by Gasteiger charge is -2.09. The number of hydrogen-bond acceptors (Lipinski definition) is 5. The molecule has 2 N–H and O–H groups in total. The number of fused-ring (bicyclic) bond motifs is 2. The first-order chi connectivity index (χ1) is 14.0. The summed E-state index contributed by atoms with van der Waals surface area (Å²) in [5, 5.41) is 5.01. The zero-order valence-corrected chi connectivity index (χ0v) is 16.5. The minimum atomic E-state index is -0.520. The topological polar surface area (TPSA) is 93.1 Å². The van der Waals surface area contributed by atoms with Crippen molar-refractivity contribution in [1.29, 1.82) is 0 Å². The molecule has 8 heteroatoms. The Labute approximate surface area is 170 Å². The van der Waals surface area contributed by atoms with E-state index in [0.717, 1.165) is 26.7 Å².